The third-order valence-electron chi connectivity index (χ3n) is 3.18. The molecule has 1 rings (SSSR count). The van der Waals surface area contributed by atoms with Crippen molar-refractivity contribution in [1.29, 1.82) is 0 Å². The first-order valence-corrected chi connectivity index (χ1v) is 8.69. The fourth-order valence-electron chi connectivity index (χ4n) is 1.92. The van der Waals surface area contributed by atoms with Gasteiger partial charge in [-0.2, -0.15) is 0 Å². The minimum Gasteiger partial charge on any atom is -0.350 e. The highest BCUT2D eigenvalue weighted by Gasteiger charge is 2.25. The summed E-state index contributed by atoms with van der Waals surface area (Å²) in [6.45, 7) is 8.43. The summed E-state index contributed by atoms with van der Waals surface area (Å²) < 4.78 is 24.6. The van der Waals surface area contributed by atoms with Gasteiger partial charge in [0, 0.05) is 12.6 Å². The molecular formula is C15H25ClN2O3S. The van der Waals surface area contributed by atoms with Gasteiger partial charge in [0.15, 0.2) is 9.84 Å². The Morgan fingerprint density at radius 1 is 1.18 bits per heavy atom. The van der Waals surface area contributed by atoms with E-state index in [9.17, 15) is 13.2 Å². The molecule has 1 amide bonds. The zero-order valence-corrected chi connectivity index (χ0v) is 15.1. The van der Waals surface area contributed by atoms with Crippen LogP contribution >= 0.6 is 12.4 Å². The highest BCUT2D eigenvalue weighted by atomic mass is 35.5. The first-order chi connectivity index (χ1) is 9.80. The molecule has 2 N–H and O–H groups in total. The molecule has 1 aromatic rings. The zero-order valence-electron chi connectivity index (χ0n) is 13.4. The molecule has 0 aliphatic rings. The molecule has 0 spiro atoms. The van der Waals surface area contributed by atoms with E-state index >= 15 is 0 Å². The van der Waals surface area contributed by atoms with E-state index in [2.05, 4.69) is 10.6 Å². The lowest BCUT2D eigenvalue weighted by Gasteiger charge is -2.15. The van der Waals surface area contributed by atoms with Crippen molar-refractivity contribution < 1.29 is 13.2 Å². The molecule has 7 heteroatoms. The molecule has 0 radical (unpaired) electrons. The number of rotatable bonds is 7. The van der Waals surface area contributed by atoms with E-state index in [4.69, 9.17) is 0 Å². The van der Waals surface area contributed by atoms with Gasteiger partial charge in [0.05, 0.1) is 15.7 Å². The summed E-state index contributed by atoms with van der Waals surface area (Å²) in [7, 11) is -3.48. The van der Waals surface area contributed by atoms with Crippen LogP contribution in [0, 0.1) is 0 Å². The van der Waals surface area contributed by atoms with E-state index in [-0.39, 0.29) is 34.8 Å². The number of nitrogens with one attached hydrogen (secondary N) is 2. The summed E-state index contributed by atoms with van der Waals surface area (Å²) in [4.78, 5) is 12.3. The van der Waals surface area contributed by atoms with Gasteiger partial charge in [-0.1, -0.05) is 19.1 Å². The van der Waals surface area contributed by atoms with Crippen LogP contribution in [0.25, 0.3) is 0 Å². The smallest absolute Gasteiger partial charge is 0.252 e. The molecular weight excluding hydrogens is 324 g/mol. The fraction of sp³-hybridized carbons (Fsp3) is 0.533. The molecule has 0 heterocycles. The largest absolute Gasteiger partial charge is 0.350 e. The molecule has 0 fully saturated rings. The number of benzene rings is 1. The number of halogens is 1. The monoisotopic (exact) mass is 348 g/mol. The lowest BCUT2D eigenvalue weighted by molar-refractivity contribution is 0.0947. The van der Waals surface area contributed by atoms with Gasteiger partial charge in [-0.3, -0.25) is 4.79 Å². The van der Waals surface area contributed by atoms with Gasteiger partial charge < -0.3 is 10.6 Å². The number of carbonyl (C=O) groups excluding carboxylic acids is 1. The fourth-order valence-corrected chi connectivity index (χ4v) is 3.16. The molecule has 1 atom stereocenters. The molecule has 1 aromatic carbocycles. The molecule has 0 saturated heterocycles. The van der Waals surface area contributed by atoms with Gasteiger partial charge in [-0.25, -0.2) is 8.42 Å². The summed E-state index contributed by atoms with van der Waals surface area (Å²) in [5.74, 6) is -0.362. The first kappa shape index (κ1) is 20.9. The highest BCUT2D eigenvalue weighted by Crippen LogP contribution is 2.20. The summed E-state index contributed by atoms with van der Waals surface area (Å²) in [5, 5.41) is 5.39. The Morgan fingerprint density at radius 3 is 2.32 bits per heavy atom. The van der Waals surface area contributed by atoms with Crippen molar-refractivity contribution in [3.05, 3.63) is 29.8 Å². The minimum atomic E-state index is -3.48. The number of likely N-dealkylation sites (N-methyl/N-ethyl adjacent to an activating group) is 1. The van der Waals surface area contributed by atoms with Crippen LogP contribution in [0.2, 0.25) is 0 Å². The van der Waals surface area contributed by atoms with Crippen LogP contribution in [-0.2, 0) is 9.84 Å². The Kier molecular flexibility index (Phi) is 8.66. The number of carbonyl (C=O) groups is 1. The van der Waals surface area contributed by atoms with Crippen molar-refractivity contribution in [1.82, 2.24) is 10.6 Å². The average molecular weight is 349 g/mol. The van der Waals surface area contributed by atoms with E-state index in [0.29, 0.717) is 6.54 Å². The van der Waals surface area contributed by atoms with Gasteiger partial charge in [-0.15, -0.1) is 12.4 Å². The van der Waals surface area contributed by atoms with Crippen LogP contribution in [0.3, 0.4) is 0 Å². The van der Waals surface area contributed by atoms with Gasteiger partial charge in [0.1, 0.15) is 0 Å². The van der Waals surface area contributed by atoms with Gasteiger partial charge >= 0.3 is 0 Å². The molecule has 5 nitrogen and oxygen atoms in total. The second-order valence-corrected chi connectivity index (χ2v) is 7.73. The molecule has 0 aliphatic heterocycles. The van der Waals surface area contributed by atoms with Crippen LogP contribution in [0.15, 0.2) is 29.2 Å². The first-order valence-electron chi connectivity index (χ1n) is 7.15. The predicted octanol–water partition coefficient (Wildman–Crippen LogP) is 2.02. The molecule has 0 saturated carbocycles. The predicted molar refractivity (Wildman–Crippen MR) is 91.5 cm³/mol. The van der Waals surface area contributed by atoms with E-state index in [1.54, 1.807) is 32.0 Å². The van der Waals surface area contributed by atoms with Gasteiger partial charge in [-0.05, 0) is 39.4 Å². The van der Waals surface area contributed by atoms with Gasteiger partial charge in [0.25, 0.3) is 5.91 Å². The lowest BCUT2D eigenvalue weighted by Crippen LogP contribution is -2.39. The van der Waals surface area contributed by atoms with E-state index in [1.807, 2.05) is 13.8 Å². The zero-order chi connectivity index (χ0) is 16.0. The molecule has 22 heavy (non-hydrogen) atoms. The lowest BCUT2D eigenvalue weighted by atomic mass is 10.2. The van der Waals surface area contributed by atoms with E-state index < -0.39 is 15.1 Å². The maximum absolute atomic E-state index is 12.3. The average Bonchev–Trinajstić information content (AvgIpc) is 2.45. The van der Waals surface area contributed by atoms with Crippen LogP contribution in [0.4, 0.5) is 0 Å². The summed E-state index contributed by atoms with van der Waals surface area (Å²) in [5.41, 5.74) is 0.204. The Balaban J connectivity index is 0.00000441. The number of hydrogen-bond acceptors (Lipinski definition) is 4. The number of hydrogen-bond donors (Lipinski definition) is 2. The van der Waals surface area contributed by atoms with Crippen molar-refractivity contribution in [2.75, 3.05) is 13.1 Å². The maximum atomic E-state index is 12.3. The minimum absolute atomic E-state index is 0. The normalized spacial score (nSPS) is 12.6. The van der Waals surface area contributed by atoms with Crippen molar-refractivity contribution in [2.24, 2.45) is 0 Å². The highest BCUT2D eigenvalue weighted by molar-refractivity contribution is 7.92. The molecule has 0 aliphatic carbocycles. The molecule has 0 aromatic heterocycles. The summed E-state index contributed by atoms with van der Waals surface area (Å²) >= 11 is 0. The molecule has 0 bridgehead atoms. The van der Waals surface area contributed by atoms with Crippen LogP contribution in [0.5, 0.6) is 0 Å². The number of amides is 1. The van der Waals surface area contributed by atoms with Crippen LogP contribution in [-0.4, -0.2) is 38.7 Å². The Labute approximate surface area is 139 Å². The quantitative estimate of drug-likeness (QED) is 0.790. The SMILES string of the molecule is CCN[C@H](C)CNC(=O)c1ccccc1S(=O)(=O)C(C)C.Cl. The van der Waals surface area contributed by atoms with Crippen LogP contribution < -0.4 is 10.6 Å². The van der Waals surface area contributed by atoms with Crippen molar-refractivity contribution in [2.45, 2.75) is 43.9 Å². The number of sulfone groups is 1. The maximum Gasteiger partial charge on any atom is 0.252 e. The standard InChI is InChI=1S/C15H24N2O3S.ClH/c1-5-16-12(4)10-17-15(18)13-8-6-7-9-14(13)21(19,20)11(2)3;/h6-9,11-12,16H,5,10H2,1-4H3,(H,17,18);1H/t12-;/m1./s1. The van der Waals surface area contributed by atoms with Gasteiger partial charge in [0.2, 0.25) is 0 Å². The Bertz CT molecular complexity index is 588. The van der Waals surface area contributed by atoms with Crippen molar-refractivity contribution in [3.63, 3.8) is 0 Å². The van der Waals surface area contributed by atoms with E-state index in [0.717, 1.165) is 6.54 Å². The third-order valence-corrected chi connectivity index (χ3v) is 5.39. The molecule has 126 valence electrons. The second-order valence-electron chi connectivity index (χ2n) is 5.26. The Morgan fingerprint density at radius 2 is 1.77 bits per heavy atom. The summed E-state index contributed by atoms with van der Waals surface area (Å²) in [6.07, 6.45) is 0. The van der Waals surface area contributed by atoms with E-state index in [1.165, 1.54) is 6.07 Å². The topological polar surface area (TPSA) is 75.3 Å². The van der Waals surface area contributed by atoms with Crippen molar-refractivity contribution >= 4 is 28.2 Å². The molecule has 0 unspecified atom stereocenters. The van der Waals surface area contributed by atoms with Crippen LogP contribution in [0.1, 0.15) is 38.1 Å². The second kappa shape index (κ2) is 9.12. The summed E-state index contributed by atoms with van der Waals surface area (Å²) in [6, 6.07) is 6.46. The third kappa shape index (κ3) is 5.26. The Hall–Kier alpha value is -1.11. The van der Waals surface area contributed by atoms with Crippen molar-refractivity contribution in [3.8, 4) is 0 Å².